The zero-order valence-electron chi connectivity index (χ0n) is 22.1. The first kappa shape index (κ1) is 25.5. The second-order valence-corrected chi connectivity index (χ2v) is 8.93. The minimum absolute atomic E-state index is 0.443. The topological polar surface area (TPSA) is 125 Å². The highest BCUT2D eigenvalue weighted by Gasteiger charge is 2.16. The Morgan fingerprint density at radius 1 is 1.05 bits per heavy atom. The lowest BCUT2D eigenvalue weighted by Gasteiger charge is -2.13. The van der Waals surface area contributed by atoms with E-state index in [0.717, 1.165) is 40.2 Å². The molecule has 5 rings (SSSR count). The number of amidine groups is 1. The lowest BCUT2D eigenvalue weighted by Crippen LogP contribution is -2.24. The summed E-state index contributed by atoms with van der Waals surface area (Å²) in [6.07, 6.45) is 7.37. The molecule has 0 bridgehead atoms. The van der Waals surface area contributed by atoms with Crippen LogP contribution in [0.4, 0.5) is 5.82 Å². The molecule has 1 N–H and O–H groups in total. The maximum Gasteiger partial charge on any atom is 0.184 e. The molecule has 0 atom stereocenters. The number of hydrogen-bond donors (Lipinski definition) is 1. The van der Waals surface area contributed by atoms with Crippen molar-refractivity contribution >= 4 is 18.4 Å². The Morgan fingerprint density at radius 3 is 2.44 bits per heavy atom. The average molecular weight is 524 g/mol. The van der Waals surface area contributed by atoms with Gasteiger partial charge in [0.05, 0.1) is 37.6 Å². The van der Waals surface area contributed by atoms with Crippen molar-refractivity contribution in [2.75, 3.05) is 14.2 Å². The van der Waals surface area contributed by atoms with Gasteiger partial charge in [0.1, 0.15) is 17.9 Å². The van der Waals surface area contributed by atoms with Crippen LogP contribution in [0.25, 0.3) is 5.69 Å². The first-order chi connectivity index (χ1) is 19.1. The minimum Gasteiger partial charge on any atom is -0.497 e. The van der Waals surface area contributed by atoms with E-state index >= 15 is 0 Å². The smallest absolute Gasteiger partial charge is 0.184 e. The van der Waals surface area contributed by atoms with Crippen molar-refractivity contribution in [3.8, 4) is 11.4 Å². The van der Waals surface area contributed by atoms with Crippen LogP contribution in [0.1, 0.15) is 27.8 Å². The van der Waals surface area contributed by atoms with Crippen molar-refractivity contribution in [2.45, 2.75) is 26.6 Å². The Bertz CT molecular complexity index is 1580. The van der Waals surface area contributed by atoms with E-state index in [9.17, 15) is 0 Å². The van der Waals surface area contributed by atoms with E-state index in [1.807, 2.05) is 53.1 Å². The molecule has 2 aromatic carbocycles. The van der Waals surface area contributed by atoms with E-state index in [2.05, 4.69) is 72.0 Å². The van der Waals surface area contributed by atoms with Gasteiger partial charge in [-0.1, -0.05) is 24.3 Å². The highest BCUT2D eigenvalue weighted by Crippen LogP contribution is 2.22. The molecule has 0 amide bonds. The largest absolute Gasteiger partial charge is 0.497 e. The van der Waals surface area contributed by atoms with Crippen LogP contribution in [-0.4, -0.2) is 66.5 Å². The third kappa shape index (κ3) is 5.90. The van der Waals surface area contributed by atoms with E-state index in [4.69, 9.17) is 4.74 Å². The Kier molecular flexibility index (Phi) is 7.53. The van der Waals surface area contributed by atoms with Gasteiger partial charge in [-0.2, -0.15) is 10.2 Å². The molecule has 0 aliphatic rings. The molecule has 0 saturated carbocycles. The summed E-state index contributed by atoms with van der Waals surface area (Å²) in [6, 6.07) is 14.1. The highest BCUT2D eigenvalue weighted by atomic mass is 16.5. The van der Waals surface area contributed by atoms with Crippen molar-refractivity contribution in [3.05, 3.63) is 95.2 Å². The van der Waals surface area contributed by atoms with Gasteiger partial charge in [0.2, 0.25) is 0 Å². The van der Waals surface area contributed by atoms with E-state index in [-0.39, 0.29) is 0 Å². The third-order valence-corrected chi connectivity index (χ3v) is 6.17. The fraction of sp³-hybridized carbons (Fsp3) is 0.222. The SMILES string of the molecule is C=Nc1nn(Cc2ccc(Cn3cc(C)cn3)cc2)cc1C(=NC)NCc1cc(OC)ccc1-n1cnnn1. The number of aliphatic imine (C=N–C) groups is 2. The first-order valence-corrected chi connectivity index (χ1v) is 12.3. The highest BCUT2D eigenvalue weighted by molar-refractivity contribution is 6.02. The van der Waals surface area contributed by atoms with E-state index in [1.54, 1.807) is 25.2 Å². The summed E-state index contributed by atoms with van der Waals surface area (Å²) in [4.78, 5) is 8.61. The van der Waals surface area contributed by atoms with Gasteiger partial charge in [-0.25, -0.2) is 9.67 Å². The predicted octanol–water partition coefficient (Wildman–Crippen LogP) is 2.97. The van der Waals surface area contributed by atoms with Crippen molar-refractivity contribution in [3.63, 3.8) is 0 Å². The van der Waals surface area contributed by atoms with Crippen LogP contribution in [0.3, 0.4) is 0 Å². The van der Waals surface area contributed by atoms with Gasteiger partial charge in [0.15, 0.2) is 5.82 Å². The standard InChI is InChI=1S/C27H29N11O/c1-19-12-32-36(14-19)15-20-5-7-21(8-6-20)16-37-17-24(27(29-3)33-37)26(28-2)30-13-22-11-23(39-4)9-10-25(22)38-18-31-34-35-38/h5-12,14,17-18H,3,13,15-16H2,1-2,4H3,(H,28,30). The van der Waals surface area contributed by atoms with Crippen LogP contribution in [0.5, 0.6) is 5.75 Å². The Balaban J connectivity index is 1.31. The van der Waals surface area contributed by atoms with Crippen molar-refractivity contribution in [1.29, 1.82) is 0 Å². The maximum atomic E-state index is 5.42. The summed E-state index contributed by atoms with van der Waals surface area (Å²) < 4.78 is 10.8. The first-order valence-electron chi connectivity index (χ1n) is 12.3. The molecule has 5 aromatic rings. The Labute approximate surface area is 225 Å². The molecule has 0 spiro atoms. The van der Waals surface area contributed by atoms with Crippen LogP contribution in [-0.2, 0) is 19.6 Å². The summed E-state index contributed by atoms with van der Waals surface area (Å²) in [7, 11) is 3.35. The number of nitrogens with one attached hydrogen (secondary N) is 1. The minimum atomic E-state index is 0.443. The normalized spacial score (nSPS) is 11.5. The van der Waals surface area contributed by atoms with Crippen molar-refractivity contribution in [1.82, 2.24) is 45.1 Å². The van der Waals surface area contributed by atoms with Crippen LogP contribution < -0.4 is 10.1 Å². The second kappa shape index (κ2) is 11.5. The molecule has 198 valence electrons. The third-order valence-electron chi connectivity index (χ3n) is 6.17. The van der Waals surface area contributed by atoms with Crippen LogP contribution in [0.2, 0.25) is 0 Å². The average Bonchev–Trinajstić information content (AvgIpc) is 3.72. The van der Waals surface area contributed by atoms with Gasteiger partial charge in [-0.05, 0) is 59.0 Å². The van der Waals surface area contributed by atoms with Gasteiger partial charge in [0, 0.05) is 31.5 Å². The molecule has 0 radical (unpaired) electrons. The molecule has 12 heteroatoms. The molecule has 3 aromatic heterocycles. The fourth-order valence-corrected chi connectivity index (χ4v) is 4.25. The molecule has 0 aliphatic heterocycles. The monoisotopic (exact) mass is 523 g/mol. The molecular formula is C27H29N11O. The van der Waals surface area contributed by atoms with Gasteiger partial charge in [-0.15, -0.1) is 5.10 Å². The van der Waals surface area contributed by atoms with Gasteiger partial charge >= 0.3 is 0 Å². The zero-order chi connectivity index (χ0) is 27.2. The number of tetrazole rings is 1. The zero-order valence-corrected chi connectivity index (χ0v) is 22.1. The quantitative estimate of drug-likeness (QED) is 0.220. The van der Waals surface area contributed by atoms with E-state index in [0.29, 0.717) is 24.7 Å². The van der Waals surface area contributed by atoms with Gasteiger partial charge in [0.25, 0.3) is 0 Å². The van der Waals surface area contributed by atoms with Gasteiger partial charge in [-0.3, -0.25) is 14.4 Å². The summed E-state index contributed by atoms with van der Waals surface area (Å²) in [6.45, 7) is 7.50. The molecule has 39 heavy (non-hydrogen) atoms. The van der Waals surface area contributed by atoms with Crippen LogP contribution in [0.15, 0.2) is 77.4 Å². The number of rotatable bonds is 10. The second-order valence-electron chi connectivity index (χ2n) is 8.93. The number of benzene rings is 2. The maximum absolute atomic E-state index is 5.42. The Hall–Kier alpha value is -5.13. The molecule has 0 aliphatic carbocycles. The Morgan fingerprint density at radius 2 is 1.82 bits per heavy atom. The summed E-state index contributed by atoms with van der Waals surface area (Å²) in [5.41, 5.74) is 5.95. The summed E-state index contributed by atoms with van der Waals surface area (Å²) in [5, 5.41) is 23.9. The van der Waals surface area contributed by atoms with E-state index < -0.39 is 0 Å². The number of nitrogens with zero attached hydrogens (tertiary/aromatic N) is 10. The molecule has 3 heterocycles. The number of ether oxygens (including phenoxy) is 1. The fourth-order valence-electron chi connectivity index (χ4n) is 4.25. The lowest BCUT2D eigenvalue weighted by molar-refractivity contribution is 0.414. The van der Waals surface area contributed by atoms with Gasteiger partial charge < -0.3 is 10.1 Å². The molecule has 0 fully saturated rings. The number of aryl methyl sites for hydroxylation is 1. The number of hydrogen-bond acceptors (Lipinski definition) is 8. The molecule has 0 saturated heterocycles. The number of methoxy groups -OCH3 is 1. The summed E-state index contributed by atoms with van der Waals surface area (Å²) >= 11 is 0. The van der Waals surface area contributed by atoms with Crippen molar-refractivity contribution < 1.29 is 4.74 Å². The van der Waals surface area contributed by atoms with Crippen LogP contribution >= 0.6 is 0 Å². The lowest BCUT2D eigenvalue weighted by atomic mass is 10.1. The van der Waals surface area contributed by atoms with E-state index in [1.165, 1.54) is 5.56 Å². The summed E-state index contributed by atoms with van der Waals surface area (Å²) in [5.74, 6) is 1.87. The van der Waals surface area contributed by atoms with Crippen molar-refractivity contribution in [2.24, 2.45) is 9.98 Å². The van der Waals surface area contributed by atoms with Crippen LogP contribution in [0, 0.1) is 6.92 Å². The molecule has 12 nitrogen and oxygen atoms in total. The molecular weight excluding hydrogens is 494 g/mol. The number of aromatic nitrogens is 8. The molecule has 0 unspecified atom stereocenters. The predicted molar refractivity (Wildman–Crippen MR) is 148 cm³/mol.